The second-order valence-electron chi connectivity index (χ2n) is 6.17. The van der Waals surface area contributed by atoms with E-state index in [9.17, 15) is 0 Å². The molecule has 1 saturated carbocycles. The fraction of sp³-hybridized carbons (Fsp3) is 0.263. The Labute approximate surface area is 140 Å². The summed E-state index contributed by atoms with van der Waals surface area (Å²) in [4.78, 5) is 4.39. The van der Waals surface area contributed by atoms with Crippen molar-refractivity contribution in [1.29, 1.82) is 0 Å². The highest BCUT2D eigenvalue weighted by Crippen LogP contribution is 2.37. The molecule has 1 aliphatic carbocycles. The van der Waals surface area contributed by atoms with Gasteiger partial charge in [-0.2, -0.15) is 4.98 Å². The summed E-state index contributed by atoms with van der Waals surface area (Å²) in [6, 6.07) is 18.0. The van der Waals surface area contributed by atoms with Crippen molar-refractivity contribution in [1.82, 2.24) is 10.1 Å². The second-order valence-corrected chi connectivity index (χ2v) is 6.17. The van der Waals surface area contributed by atoms with E-state index >= 15 is 0 Å². The highest BCUT2D eigenvalue weighted by Gasteiger charge is 2.39. The van der Waals surface area contributed by atoms with Crippen LogP contribution < -0.4 is 10.5 Å². The van der Waals surface area contributed by atoms with E-state index < -0.39 is 5.54 Å². The van der Waals surface area contributed by atoms with Crippen LogP contribution in [0.3, 0.4) is 0 Å². The predicted molar refractivity (Wildman–Crippen MR) is 90.2 cm³/mol. The van der Waals surface area contributed by atoms with E-state index in [0.29, 0.717) is 11.7 Å². The quantitative estimate of drug-likeness (QED) is 0.776. The minimum atomic E-state index is -0.413. The van der Waals surface area contributed by atoms with Crippen LogP contribution >= 0.6 is 0 Å². The molecule has 2 aromatic carbocycles. The molecule has 4 rings (SSSR count). The number of rotatable bonds is 5. The molecule has 3 aromatic rings. The summed E-state index contributed by atoms with van der Waals surface area (Å²) in [5, 5.41) is 4.01. The van der Waals surface area contributed by atoms with E-state index in [2.05, 4.69) is 22.3 Å². The largest absolute Gasteiger partial charge is 0.483 e. The van der Waals surface area contributed by atoms with Crippen LogP contribution in [0.5, 0.6) is 5.75 Å². The van der Waals surface area contributed by atoms with Gasteiger partial charge in [-0.05, 0) is 30.9 Å². The van der Waals surface area contributed by atoms with Gasteiger partial charge in [0, 0.05) is 5.56 Å². The van der Waals surface area contributed by atoms with Crippen LogP contribution in [0.2, 0.25) is 0 Å². The first-order valence-electron chi connectivity index (χ1n) is 8.14. The highest BCUT2D eigenvalue weighted by molar-refractivity contribution is 5.70. The van der Waals surface area contributed by atoms with Crippen molar-refractivity contribution < 1.29 is 9.26 Å². The van der Waals surface area contributed by atoms with Crippen LogP contribution in [0.15, 0.2) is 59.1 Å². The van der Waals surface area contributed by atoms with Gasteiger partial charge in [0.1, 0.15) is 5.75 Å². The molecule has 1 aromatic heterocycles. The molecule has 1 heterocycles. The fourth-order valence-corrected chi connectivity index (χ4v) is 2.89. The average Bonchev–Trinajstić information content (AvgIpc) is 3.08. The lowest BCUT2D eigenvalue weighted by Gasteiger charge is -2.34. The molecule has 0 saturated heterocycles. The van der Waals surface area contributed by atoms with Crippen LogP contribution in [-0.2, 0) is 12.1 Å². The first kappa shape index (κ1) is 14.9. The summed E-state index contributed by atoms with van der Waals surface area (Å²) in [6.07, 6.45) is 2.93. The molecule has 2 N–H and O–H groups in total. The molecule has 0 amide bonds. The topological polar surface area (TPSA) is 74.2 Å². The molecule has 0 aliphatic heterocycles. The summed E-state index contributed by atoms with van der Waals surface area (Å²) in [5.74, 6) is 1.82. The number of para-hydroxylation sites is 1. The van der Waals surface area contributed by atoms with Crippen molar-refractivity contribution in [3.63, 3.8) is 0 Å². The molecule has 0 spiro atoms. The lowest BCUT2D eigenvalue weighted by Crippen LogP contribution is -2.44. The van der Waals surface area contributed by atoms with Gasteiger partial charge in [0.25, 0.3) is 5.89 Å². The Hall–Kier alpha value is -2.66. The molecular formula is C19H19N3O2. The van der Waals surface area contributed by atoms with E-state index in [0.717, 1.165) is 36.1 Å². The number of aromatic nitrogens is 2. The third-order valence-corrected chi connectivity index (χ3v) is 4.48. The van der Waals surface area contributed by atoms with Crippen LogP contribution in [0.4, 0.5) is 0 Å². The zero-order valence-electron chi connectivity index (χ0n) is 13.3. The molecule has 1 fully saturated rings. The number of nitrogens with two attached hydrogens (primary N) is 1. The number of ether oxygens (including phenoxy) is 1. The van der Waals surface area contributed by atoms with Gasteiger partial charge in [0.2, 0.25) is 0 Å². The fourth-order valence-electron chi connectivity index (χ4n) is 2.89. The molecule has 1 aliphatic rings. The zero-order valence-corrected chi connectivity index (χ0v) is 13.3. The Morgan fingerprint density at radius 2 is 1.79 bits per heavy atom. The SMILES string of the molecule is NC1(c2noc(COc3ccccc3-c3ccccc3)n2)CCC1. The Kier molecular flexibility index (Phi) is 3.78. The smallest absolute Gasteiger partial charge is 0.264 e. The van der Waals surface area contributed by atoms with Gasteiger partial charge in [0.05, 0.1) is 5.54 Å². The Morgan fingerprint density at radius 3 is 2.54 bits per heavy atom. The van der Waals surface area contributed by atoms with E-state index in [1.165, 1.54) is 0 Å². The zero-order chi connectivity index (χ0) is 16.4. The lowest BCUT2D eigenvalue weighted by molar-refractivity contribution is 0.223. The monoisotopic (exact) mass is 321 g/mol. The van der Waals surface area contributed by atoms with Crippen LogP contribution in [0.1, 0.15) is 31.0 Å². The Bertz CT molecular complexity index is 825. The summed E-state index contributed by atoms with van der Waals surface area (Å²) in [6.45, 7) is 0.229. The van der Waals surface area contributed by atoms with Crippen molar-refractivity contribution in [2.24, 2.45) is 5.73 Å². The molecular weight excluding hydrogens is 302 g/mol. The van der Waals surface area contributed by atoms with Gasteiger partial charge in [-0.1, -0.05) is 53.7 Å². The van der Waals surface area contributed by atoms with Crippen LogP contribution in [0, 0.1) is 0 Å². The van der Waals surface area contributed by atoms with E-state index in [1.54, 1.807) is 0 Å². The lowest BCUT2D eigenvalue weighted by atomic mass is 9.77. The number of nitrogens with zero attached hydrogens (tertiary/aromatic N) is 2. The maximum atomic E-state index is 6.22. The van der Waals surface area contributed by atoms with Crippen LogP contribution in [0.25, 0.3) is 11.1 Å². The van der Waals surface area contributed by atoms with E-state index in [4.69, 9.17) is 15.0 Å². The minimum Gasteiger partial charge on any atom is -0.483 e. The van der Waals surface area contributed by atoms with Crippen molar-refractivity contribution >= 4 is 0 Å². The summed E-state index contributed by atoms with van der Waals surface area (Å²) in [5.41, 5.74) is 7.95. The minimum absolute atomic E-state index is 0.229. The molecule has 0 radical (unpaired) electrons. The molecule has 0 unspecified atom stereocenters. The molecule has 0 atom stereocenters. The molecule has 122 valence electrons. The van der Waals surface area contributed by atoms with Gasteiger partial charge < -0.3 is 15.0 Å². The maximum absolute atomic E-state index is 6.22. The van der Waals surface area contributed by atoms with E-state index in [-0.39, 0.29) is 6.61 Å². The third kappa shape index (κ3) is 2.78. The van der Waals surface area contributed by atoms with Gasteiger partial charge in [-0.15, -0.1) is 0 Å². The van der Waals surface area contributed by atoms with Crippen molar-refractivity contribution in [3.8, 4) is 16.9 Å². The second kappa shape index (κ2) is 6.09. The normalized spacial score (nSPS) is 15.7. The number of hydrogen-bond donors (Lipinski definition) is 1. The van der Waals surface area contributed by atoms with Crippen molar-refractivity contribution in [2.75, 3.05) is 0 Å². The molecule has 5 nitrogen and oxygen atoms in total. The van der Waals surface area contributed by atoms with E-state index in [1.807, 2.05) is 42.5 Å². The van der Waals surface area contributed by atoms with Gasteiger partial charge in [-0.3, -0.25) is 0 Å². The first-order valence-corrected chi connectivity index (χ1v) is 8.14. The van der Waals surface area contributed by atoms with Crippen molar-refractivity contribution in [2.45, 2.75) is 31.4 Å². The molecule has 5 heteroatoms. The summed E-state index contributed by atoms with van der Waals surface area (Å²) >= 11 is 0. The Morgan fingerprint density at radius 1 is 1.04 bits per heavy atom. The molecule has 0 bridgehead atoms. The number of benzene rings is 2. The Balaban J connectivity index is 1.51. The first-order chi connectivity index (χ1) is 11.7. The van der Waals surface area contributed by atoms with Crippen molar-refractivity contribution in [3.05, 3.63) is 66.3 Å². The standard InChI is InChI=1S/C19H19N3O2/c20-19(11-6-12-19)18-21-17(24-22-18)13-23-16-10-5-4-9-15(16)14-7-2-1-3-8-14/h1-5,7-10H,6,11-13,20H2. The van der Waals surface area contributed by atoms with Gasteiger partial charge in [-0.25, -0.2) is 0 Å². The number of hydrogen-bond acceptors (Lipinski definition) is 5. The summed E-state index contributed by atoms with van der Waals surface area (Å²) in [7, 11) is 0. The third-order valence-electron chi connectivity index (χ3n) is 4.48. The van der Waals surface area contributed by atoms with Gasteiger partial charge in [0.15, 0.2) is 12.4 Å². The predicted octanol–water partition coefficient (Wildman–Crippen LogP) is 3.65. The summed E-state index contributed by atoms with van der Waals surface area (Å²) < 4.78 is 11.2. The van der Waals surface area contributed by atoms with Crippen LogP contribution in [-0.4, -0.2) is 10.1 Å². The maximum Gasteiger partial charge on any atom is 0.264 e. The van der Waals surface area contributed by atoms with Gasteiger partial charge >= 0.3 is 0 Å². The average molecular weight is 321 g/mol. The molecule has 24 heavy (non-hydrogen) atoms. The highest BCUT2D eigenvalue weighted by atomic mass is 16.5.